The molecule has 1 aliphatic rings. The predicted octanol–water partition coefficient (Wildman–Crippen LogP) is 3.21. The van der Waals surface area contributed by atoms with Crippen LogP contribution in [0, 0.1) is 13.8 Å². The van der Waals surface area contributed by atoms with Crippen molar-refractivity contribution in [3.05, 3.63) is 28.8 Å². The van der Waals surface area contributed by atoms with Gasteiger partial charge in [-0.25, -0.2) is 4.79 Å². The van der Waals surface area contributed by atoms with Crippen LogP contribution in [-0.4, -0.2) is 19.2 Å². The molecule has 1 amide bonds. The molecule has 1 aromatic carbocycles. The first-order valence-corrected chi connectivity index (χ1v) is 6.02. The predicted molar refractivity (Wildman–Crippen MR) is 68.6 cm³/mol. The number of ether oxygens (including phenoxy) is 1. The van der Waals surface area contributed by atoms with Crippen molar-refractivity contribution in [1.82, 2.24) is 0 Å². The highest BCUT2D eigenvalue weighted by molar-refractivity contribution is 5.90. The summed E-state index contributed by atoms with van der Waals surface area (Å²) in [6.45, 7) is 6.30. The maximum atomic E-state index is 11.8. The maximum absolute atomic E-state index is 11.8. The van der Waals surface area contributed by atoms with Crippen molar-refractivity contribution in [2.75, 3.05) is 12.0 Å². The van der Waals surface area contributed by atoms with E-state index in [9.17, 15) is 4.79 Å². The van der Waals surface area contributed by atoms with E-state index in [0.717, 1.165) is 18.5 Å². The smallest absolute Gasteiger partial charge is 0.414 e. The average Bonchev–Trinajstić information content (AvgIpc) is 2.33. The summed E-state index contributed by atoms with van der Waals surface area (Å²) in [7, 11) is 1.43. The molecule has 17 heavy (non-hydrogen) atoms. The Balaban J connectivity index is 2.52. The standard InChI is InChI=1S/C14H19NO2/c1-9-5-8-13-12(11(9)3)7-6-10(2)15(13)14(16)17-4/h5,8,10H,6-7H2,1-4H3/t10-/m0/s1. The SMILES string of the molecule is COC(=O)N1c2ccc(C)c(C)c2CC[C@@H]1C. The molecule has 0 unspecified atom stereocenters. The van der Waals surface area contributed by atoms with E-state index in [1.807, 2.05) is 6.07 Å². The monoisotopic (exact) mass is 233 g/mol. The fraction of sp³-hybridized carbons (Fsp3) is 0.500. The second kappa shape index (κ2) is 4.40. The number of benzene rings is 1. The summed E-state index contributed by atoms with van der Waals surface area (Å²) in [5, 5.41) is 0. The molecule has 1 aliphatic heterocycles. The van der Waals surface area contributed by atoms with Gasteiger partial charge >= 0.3 is 6.09 Å². The molecule has 0 aromatic heterocycles. The zero-order chi connectivity index (χ0) is 12.6. The number of nitrogens with zero attached hydrogens (tertiary/aromatic N) is 1. The summed E-state index contributed by atoms with van der Waals surface area (Å²) in [4.78, 5) is 13.6. The molecule has 0 saturated heterocycles. The second-order valence-corrected chi connectivity index (χ2v) is 4.73. The van der Waals surface area contributed by atoms with Crippen LogP contribution in [0.5, 0.6) is 0 Å². The molecule has 2 rings (SSSR count). The van der Waals surface area contributed by atoms with Crippen molar-refractivity contribution in [1.29, 1.82) is 0 Å². The summed E-state index contributed by atoms with van der Waals surface area (Å²) >= 11 is 0. The van der Waals surface area contributed by atoms with Crippen LogP contribution in [0.2, 0.25) is 0 Å². The highest BCUT2D eigenvalue weighted by Crippen LogP contribution is 2.34. The van der Waals surface area contributed by atoms with Crippen LogP contribution in [0.1, 0.15) is 30.0 Å². The van der Waals surface area contributed by atoms with Crippen molar-refractivity contribution >= 4 is 11.8 Å². The number of carbonyl (C=O) groups excluding carboxylic acids is 1. The quantitative estimate of drug-likeness (QED) is 0.688. The lowest BCUT2D eigenvalue weighted by Gasteiger charge is -2.35. The van der Waals surface area contributed by atoms with Gasteiger partial charge in [-0.1, -0.05) is 6.07 Å². The van der Waals surface area contributed by atoms with Crippen LogP contribution >= 0.6 is 0 Å². The molecule has 0 fully saturated rings. The van der Waals surface area contributed by atoms with E-state index in [1.165, 1.54) is 23.8 Å². The Morgan fingerprint density at radius 2 is 2.12 bits per heavy atom. The van der Waals surface area contributed by atoms with E-state index in [2.05, 4.69) is 26.8 Å². The number of hydrogen-bond acceptors (Lipinski definition) is 2. The van der Waals surface area contributed by atoms with Crippen molar-refractivity contribution < 1.29 is 9.53 Å². The number of anilines is 1. The highest BCUT2D eigenvalue weighted by atomic mass is 16.5. The third-order valence-electron chi connectivity index (χ3n) is 3.73. The third kappa shape index (κ3) is 1.90. The fourth-order valence-corrected chi connectivity index (χ4v) is 2.50. The largest absolute Gasteiger partial charge is 0.452 e. The summed E-state index contributed by atoms with van der Waals surface area (Å²) in [5.41, 5.74) is 4.87. The Hall–Kier alpha value is -1.51. The molecule has 0 aliphatic carbocycles. The van der Waals surface area contributed by atoms with Crippen LogP contribution in [0.4, 0.5) is 10.5 Å². The zero-order valence-corrected chi connectivity index (χ0v) is 10.9. The van der Waals surface area contributed by atoms with Gasteiger partial charge in [-0.15, -0.1) is 0 Å². The highest BCUT2D eigenvalue weighted by Gasteiger charge is 2.29. The van der Waals surface area contributed by atoms with Crippen molar-refractivity contribution in [2.24, 2.45) is 0 Å². The van der Waals surface area contributed by atoms with Crippen LogP contribution in [0.15, 0.2) is 12.1 Å². The molecule has 1 aromatic rings. The van der Waals surface area contributed by atoms with Crippen molar-refractivity contribution in [3.63, 3.8) is 0 Å². The first-order valence-electron chi connectivity index (χ1n) is 6.02. The van der Waals surface area contributed by atoms with Crippen LogP contribution < -0.4 is 4.90 Å². The molecule has 92 valence electrons. The van der Waals surface area contributed by atoms with E-state index < -0.39 is 0 Å². The summed E-state index contributed by atoms with van der Waals surface area (Å²) in [6, 6.07) is 4.31. The number of aryl methyl sites for hydroxylation is 1. The lowest BCUT2D eigenvalue weighted by atomic mass is 9.91. The van der Waals surface area contributed by atoms with Crippen LogP contribution in [0.3, 0.4) is 0 Å². The van der Waals surface area contributed by atoms with Gasteiger partial charge in [0.15, 0.2) is 0 Å². The minimum absolute atomic E-state index is 0.206. The van der Waals surface area contributed by atoms with Gasteiger partial charge in [-0.3, -0.25) is 4.90 Å². The fourth-order valence-electron chi connectivity index (χ4n) is 2.50. The lowest BCUT2D eigenvalue weighted by Crippen LogP contribution is -2.42. The summed E-state index contributed by atoms with van der Waals surface area (Å²) in [5.74, 6) is 0. The minimum Gasteiger partial charge on any atom is -0.452 e. The molecule has 1 atom stereocenters. The van der Waals surface area contributed by atoms with Crippen molar-refractivity contribution in [3.8, 4) is 0 Å². The molecule has 3 nitrogen and oxygen atoms in total. The average molecular weight is 233 g/mol. The third-order valence-corrected chi connectivity index (χ3v) is 3.73. The number of methoxy groups -OCH3 is 1. The first kappa shape index (κ1) is 12.0. The minimum atomic E-state index is -0.262. The van der Waals surface area contributed by atoms with Gasteiger partial charge in [0, 0.05) is 6.04 Å². The van der Waals surface area contributed by atoms with E-state index in [4.69, 9.17) is 4.74 Å². The van der Waals surface area contributed by atoms with Crippen LogP contribution in [-0.2, 0) is 11.2 Å². The first-order chi connectivity index (χ1) is 8.06. The molecule has 0 N–H and O–H groups in total. The van der Waals surface area contributed by atoms with Gasteiger partial charge in [0.25, 0.3) is 0 Å². The molecule has 0 bridgehead atoms. The number of rotatable bonds is 0. The normalized spacial score (nSPS) is 18.8. The molecular weight excluding hydrogens is 214 g/mol. The molecule has 3 heteroatoms. The van der Waals surface area contributed by atoms with Crippen molar-refractivity contribution in [2.45, 2.75) is 39.7 Å². The van der Waals surface area contributed by atoms with Gasteiger partial charge < -0.3 is 4.74 Å². The molecule has 0 saturated carbocycles. The van der Waals surface area contributed by atoms with Gasteiger partial charge in [-0.2, -0.15) is 0 Å². The number of amides is 1. The van der Waals surface area contributed by atoms with E-state index in [1.54, 1.807) is 4.90 Å². The Morgan fingerprint density at radius 1 is 1.41 bits per heavy atom. The molecule has 1 heterocycles. The van der Waals surface area contributed by atoms with Gasteiger partial charge in [0.1, 0.15) is 0 Å². The van der Waals surface area contributed by atoms with Crippen LogP contribution in [0.25, 0.3) is 0 Å². The number of fused-ring (bicyclic) bond motifs is 1. The number of hydrogen-bond donors (Lipinski definition) is 0. The van der Waals surface area contributed by atoms with E-state index >= 15 is 0 Å². The van der Waals surface area contributed by atoms with Gasteiger partial charge in [0.05, 0.1) is 12.8 Å². The maximum Gasteiger partial charge on any atom is 0.414 e. The second-order valence-electron chi connectivity index (χ2n) is 4.73. The Labute approximate surface area is 102 Å². The molecule has 0 spiro atoms. The Morgan fingerprint density at radius 3 is 2.76 bits per heavy atom. The summed E-state index contributed by atoms with van der Waals surface area (Å²) < 4.78 is 4.87. The molecular formula is C14H19NO2. The van der Waals surface area contributed by atoms with Gasteiger partial charge in [0.2, 0.25) is 0 Å². The summed E-state index contributed by atoms with van der Waals surface area (Å²) in [6.07, 6.45) is 1.77. The Bertz CT molecular complexity index is 454. The van der Waals surface area contributed by atoms with Gasteiger partial charge in [-0.05, 0) is 56.4 Å². The zero-order valence-electron chi connectivity index (χ0n) is 10.9. The van der Waals surface area contributed by atoms with E-state index in [-0.39, 0.29) is 12.1 Å². The van der Waals surface area contributed by atoms with E-state index in [0.29, 0.717) is 0 Å². The number of carbonyl (C=O) groups is 1. The lowest BCUT2D eigenvalue weighted by molar-refractivity contribution is 0.175. The Kier molecular flexibility index (Phi) is 3.09. The molecule has 0 radical (unpaired) electrons. The topological polar surface area (TPSA) is 29.5 Å².